The van der Waals surface area contributed by atoms with Crippen LogP contribution < -0.4 is 5.32 Å². The molecule has 5 aromatic rings. The number of rotatable bonds is 4. The lowest BCUT2D eigenvalue weighted by Gasteiger charge is -2.15. The minimum Gasteiger partial charge on any atom is -0.321 e. The highest BCUT2D eigenvalue weighted by Gasteiger charge is 2.34. The average Bonchev–Trinajstić information content (AvgIpc) is 3.33. The Bertz CT molecular complexity index is 1690. The number of carbonyl (C=O) groups is 1. The zero-order valence-corrected chi connectivity index (χ0v) is 20.0. The summed E-state index contributed by atoms with van der Waals surface area (Å²) in [4.78, 5) is 21.3. The molecule has 0 aliphatic carbocycles. The molecule has 0 atom stereocenters. The summed E-state index contributed by atoms with van der Waals surface area (Å²) in [6.45, 7) is 1.53. The van der Waals surface area contributed by atoms with Crippen molar-refractivity contribution in [3.63, 3.8) is 0 Å². The van der Waals surface area contributed by atoms with Gasteiger partial charge in [0, 0.05) is 34.7 Å². The molecule has 0 fully saturated rings. The number of anilines is 1. The molecule has 0 bridgehead atoms. The molecular formula is C27H17F6N5O. The van der Waals surface area contributed by atoms with E-state index in [0.717, 1.165) is 24.3 Å². The van der Waals surface area contributed by atoms with Crippen LogP contribution in [0.15, 0.2) is 79.1 Å². The lowest BCUT2D eigenvalue weighted by Crippen LogP contribution is -2.14. The van der Waals surface area contributed by atoms with E-state index in [4.69, 9.17) is 0 Å². The van der Waals surface area contributed by atoms with Crippen LogP contribution in [0.25, 0.3) is 27.8 Å². The number of benzene rings is 2. The van der Waals surface area contributed by atoms with Crippen LogP contribution in [0.4, 0.5) is 32.0 Å². The van der Waals surface area contributed by atoms with Crippen molar-refractivity contribution in [3.8, 4) is 16.9 Å². The highest BCUT2D eigenvalue weighted by Crippen LogP contribution is 2.37. The van der Waals surface area contributed by atoms with Crippen molar-refractivity contribution in [1.29, 1.82) is 0 Å². The van der Waals surface area contributed by atoms with E-state index in [-0.39, 0.29) is 33.7 Å². The number of nitrogens with one attached hydrogen (secondary N) is 1. The molecular weight excluding hydrogens is 524 g/mol. The molecule has 0 unspecified atom stereocenters. The molecule has 0 spiro atoms. The summed E-state index contributed by atoms with van der Waals surface area (Å²) < 4.78 is 81.9. The Labute approximate surface area is 216 Å². The third-order valence-electron chi connectivity index (χ3n) is 5.83. The first-order valence-electron chi connectivity index (χ1n) is 11.4. The molecule has 0 saturated carbocycles. The lowest BCUT2D eigenvalue weighted by molar-refractivity contribution is -0.138. The molecule has 2 aromatic carbocycles. The molecule has 3 aromatic heterocycles. The zero-order valence-electron chi connectivity index (χ0n) is 20.0. The average molecular weight is 541 g/mol. The number of aromatic nitrogens is 4. The van der Waals surface area contributed by atoms with Crippen molar-refractivity contribution in [3.05, 3.63) is 102 Å². The molecule has 3 heterocycles. The van der Waals surface area contributed by atoms with Gasteiger partial charge in [0.25, 0.3) is 5.91 Å². The number of para-hydroxylation sites is 1. The van der Waals surface area contributed by atoms with Gasteiger partial charge < -0.3 is 5.32 Å². The number of aryl methyl sites for hydroxylation is 1. The van der Waals surface area contributed by atoms with Crippen LogP contribution in [-0.2, 0) is 12.4 Å². The van der Waals surface area contributed by atoms with Gasteiger partial charge in [0.05, 0.1) is 28.0 Å². The van der Waals surface area contributed by atoms with Gasteiger partial charge in [-0.1, -0.05) is 18.2 Å². The largest absolute Gasteiger partial charge is 0.418 e. The van der Waals surface area contributed by atoms with Gasteiger partial charge in [-0.05, 0) is 55.5 Å². The zero-order chi connectivity index (χ0) is 27.9. The molecule has 0 aliphatic heterocycles. The van der Waals surface area contributed by atoms with Gasteiger partial charge in [0.1, 0.15) is 0 Å². The number of halogens is 6. The number of alkyl halides is 6. The van der Waals surface area contributed by atoms with E-state index in [2.05, 4.69) is 20.4 Å². The van der Waals surface area contributed by atoms with Crippen LogP contribution in [0.3, 0.4) is 0 Å². The Kier molecular flexibility index (Phi) is 6.33. The van der Waals surface area contributed by atoms with Gasteiger partial charge >= 0.3 is 12.4 Å². The van der Waals surface area contributed by atoms with Crippen molar-refractivity contribution in [2.75, 3.05) is 5.32 Å². The molecule has 0 aliphatic rings. The standard InChI is InChI=1S/C27H17F6N5O/c1-15-11-23(19-8-3-9-20(24(19)35-15)27(31,32)33)38-22(16-5-4-10-34-14-16)13-21(37-38)25(39)36-18-7-2-6-17(12-18)26(28,29)30/h2-14H,1H3,(H,36,39). The summed E-state index contributed by atoms with van der Waals surface area (Å²) >= 11 is 0. The summed E-state index contributed by atoms with van der Waals surface area (Å²) in [7, 11) is 0. The maximum atomic E-state index is 13.8. The number of nitrogens with zero attached hydrogens (tertiary/aromatic N) is 4. The summed E-state index contributed by atoms with van der Waals surface area (Å²) in [6, 6.07) is 14.0. The second-order valence-corrected chi connectivity index (χ2v) is 8.58. The first-order chi connectivity index (χ1) is 18.4. The van der Waals surface area contributed by atoms with Gasteiger partial charge in [0.15, 0.2) is 5.69 Å². The summed E-state index contributed by atoms with van der Waals surface area (Å²) in [5.41, 5.74) is -1.13. The van der Waals surface area contributed by atoms with Crippen LogP contribution in [0.5, 0.6) is 0 Å². The minimum absolute atomic E-state index is 0.104. The number of pyridine rings is 2. The van der Waals surface area contributed by atoms with Crippen molar-refractivity contribution < 1.29 is 31.1 Å². The molecule has 1 N–H and O–H groups in total. The van der Waals surface area contributed by atoms with Crippen LogP contribution in [0.1, 0.15) is 27.3 Å². The molecule has 39 heavy (non-hydrogen) atoms. The molecule has 198 valence electrons. The fraction of sp³-hybridized carbons (Fsp3) is 0.111. The Hall–Kier alpha value is -4.74. The number of hydrogen-bond donors (Lipinski definition) is 1. The predicted octanol–water partition coefficient (Wildman–Crippen LogP) is 7.08. The van der Waals surface area contributed by atoms with Crippen molar-refractivity contribution in [2.24, 2.45) is 0 Å². The number of carbonyl (C=O) groups excluding carboxylic acids is 1. The lowest BCUT2D eigenvalue weighted by atomic mass is 10.1. The summed E-state index contributed by atoms with van der Waals surface area (Å²) in [5, 5.41) is 6.89. The van der Waals surface area contributed by atoms with Gasteiger partial charge in [0.2, 0.25) is 0 Å². The first kappa shape index (κ1) is 25.9. The molecule has 0 radical (unpaired) electrons. The normalized spacial score (nSPS) is 12.1. The number of hydrogen-bond acceptors (Lipinski definition) is 4. The molecule has 1 amide bonds. The third-order valence-corrected chi connectivity index (χ3v) is 5.83. The van der Waals surface area contributed by atoms with Crippen molar-refractivity contribution in [2.45, 2.75) is 19.3 Å². The summed E-state index contributed by atoms with van der Waals surface area (Å²) in [6.07, 6.45) is -6.26. The van der Waals surface area contributed by atoms with E-state index >= 15 is 0 Å². The van der Waals surface area contributed by atoms with Gasteiger partial charge in [-0.2, -0.15) is 31.4 Å². The maximum absolute atomic E-state index is 13.8. The number of amides is 1. The molecule has 0 saturated heterocycles. The Morgan fingerprint density at radius 3 is 2.36 bits per heavy atom. The van der Waals surface area contributed by atoms with E-state index in [0.29, 0.717) is 11.3 Å². The second-order valence-electron chi connectivity index (χ2n) is 8.58. The predicted molar refractivity (Wildman–Crippen MR) is 131 cm³/mol. The van der Waals surface area contributed by atoms with E-state index in [1.165, 1.54) is 54.3 Å². The summed E-state index contributed by atoms with van der Waals surface area (Å²) in [5.74, 6) is -0.815. The van der Waals surface area contributed by atoms with Gasteiger partial charge in [-0.3, -0.25) is 14.8 Å². The van der Waals surface area contributed by atoms with E-state index < -0.39 is 29.4 Å². The van der Waals surface area contributed by atoms with E-state index in [1.54, 1.807) is 12.1 Å². The van der Waals surface area contributed by atoms with E-state index in [9.17, 15) is 31.1 Å². The van der Waals surface area contributed by atoms with Gasteiger partial charge in [-0.15, -0.1) is 0 Å². The third kappa shape index (κ3) is 5.17. The smallest absolute Gasteiger partial charge is 0.321 e. The molecule has 12 heteroatoms. The van der Waals surface area contributed by atoms with Crippen LogP contribution in [-0.4, -0.2) is 25.7 Å². The number of fused-ring (bicyclic) bond motifs is 1. The topological polar surface area (TPSA) is 72.7 Å². The molecule has 6 nitrogen and oxygen atoms in total. The first-order valence-corrected chi connectivity index (χ1v) is 11.4. The SMILES string of the molecule is Cc1cc(-n2nc(C(=O)Nc3cccc(C(F)(F)F)c3)cc2-c2cccnc2)c2cccc(C(F)(F)F)c2n1. The van der Waals surface area contributed by atoms with Crippen LogP contribution >= 0.6 is 0 Å². The highest BCUT2D eigenvalue weighted by atomic mass is 19.4. The minimum atomic E-state index is -4.66. The maximum Gasteiger partial charge on any atom is 0.418 e. The van der Waals surface area contributed by atoms with Gasteiger partial charge in [-0.25, -0.2) is 4.68 Å². The Morgan fingerprint density at radius 2 is 1.67 bits per heavy atom. The van der Waals surface area contributed by atoms with Crippen LogP contribution in [0.2, 0.25) is 0 Å². The Balaban J connectivity index is 1.66. The molecule has 5 rings (SSSR count). The van der Waals surface area contributed by atoms with Crippen molar-refractivity contribution >= 4 is 22.5 Å². The van der Waals surface area contributed by atoms with E-state index in [1.807, 2.05) is 0 Å². The van der Waals surface area contributed by atoms with Crippen LogP contribution in [0, 0.1) is 6.92 Å². The second kappa shape index (κ2) is 9.53. The Morgan fingerprint density at radius 1 is 0.897 bits per heavy atom. The quantitative estimate of drug-likeness (QED) is 0.247. The van der Waals surface area contributed by atoms with Crippen molar-refractivity contribution in [1.82, 2.24) is 19.7 Å². The highest BCUT2D eigenvalue weighted by molar-refractivity contribution is 6.04. The fourth-order valence-electron chi connectivity index (χ4n) is 4.12. The monoisotopic (exact) mass is 541 g/mol. The fourth-order valence-corrected chi connectivity index (χ4v) is 4.12.